The summed E-state index contributed by atoms with van der Waals surface area (Å²) in [6.07, 6.45) is -1.46. The minimum absolute atomic E-state index is 0.0759. The second-order valence-corrected chi connectivity index (χ2v) is 3.90. The number of aromatic nitrogens is 3. The highest BCUT2D eigenvalue weighted by Gasteiger charge is 2.33. The van der Waals surface area contributed by atoms with Crippen molar-refractivity contribution in [2.45, 2.75) is 13.1 Å². The van der Waals surface area contributed by atoms with Crippen molar-refractivity contribution < 1.29 is 13.2 Å². The van der Waals surface area contributed by atoms with E-state index in [0.29, 0.717) is 5.56 Å². The molecule has 0 aliphatic heterocycles. The van der Waals surface area contributed by atoms with Gasteiger partial charge in [-0.15, -0.1) is 0 Å². The van der Waals surface area contributed by atoms with E-state index in [-0.39, 0.29) is 11.6 Å². The lowest BCUT2D eigenvalue weighted by atomic mass is 10.1. The summed E-state index contributed by atoms with van der Waals surface area (Å²) < 4.78 is 38.3. The molecule has 0 aliphatic carbocycles. The van der Waals surface area contributed by atoms with Gasteiger partial charge in [0.15, 0.2) is 5.69 Å². The van der Waals surface area contributed by atoms with Crippen LogP contribution in [0.1, 0.15) is 11.3 Å². The molecule has 2 aromatic rings. The monoisotopic (exact) mass is 268 g/mol. The second kappa shape index (κ2) is 4.83. The zero-order valence-electron chi connectivity index (χ0n) is 10.3. The predicted octanol–water partition coefficient (Wildman–Crippen LogP) is 2.91. The highest BCUT2D eigenvalue weighted by molar-refractivity contribution is 5.63. The van der Waals surface area contributed by atoms with Crippen LogP contribution in [0.5, 0.6) is 0 Å². The Kier molecular flexibility index (Phi) is 3.37. The van der Waals surface area contributed by atoms with Crippen LogP contribution in [0.4, 0.5) is 19.1 Å². The zero-order chi connectivity index (χ0) is 14.0. The van der Waals surface area contributed by atoms with Crippen LogP contribution in [-0.2, 0) is 6.18 Å². The summed E-state index contributed by atoms with van der Waals surface area (Å²) in [5, 5.41) is 2.53. The maximum absolute atomic E-state index is 12.8. The van der Waals surface area contributed by atoms with Crippen LogP contribution < -0.4 is 5.32 Å². The fraction of sp³-hybridized carbons (Fsp3) is 0.250. The van der Waals surface area contributed by atoms with Gasteiger partial charge >= 0.3 is 6.18 Å². The average molecular weight is 268 g/mol. The Morgan fingerprint density at radius 1 is 1.21 bits per heavy atom. The number of rotatable bonds is 2. The first-order valence-corrected chi connectivity index (χ1v) is 5.47. The van der Waals surface area contributed by atoms with Gasteiger partial charge in [-0.3, -0.25) is 4.98 Å². The molecule has 0 radical (unpaired) electrons. The summed E-state index contributed by atoms with van der Waals surface area (Å²) in [6.45, 7) is 1.78. The number of anilines is 1. The topological polar surface area (TPSA) is 50.7 Å². The van der Waals surface area contributed by atoms with E-state index in [1.807, 2.05) is 0 Å². The summed E-state index contributed by atoms with van der Waals surface area (Å²) in [5.41, 5.74) is 0.554. The third-order valence-corrected chi connectivity index (χ3v) is 2.56. The average Bonchev–Trinajstić information content (AvgIpc) is 2.37. The largest absolute Gasteiger partial charge is 0.433 e. The van der Waals surface area contributed by atoms with Crippen molar-refractivity contribution in [3.05, 3.63) is 35.8 Å². The third kappa shape index (κ3) is 2.81. The summed E-state index contributed by atoms with van der Waals surface area (Å²) in [6, 6.07) is 2.63. The highest BCUT2D eigenvalue weighted by atomic mass is 19.4. The molecule has 2 rings (SSSR count). The number of nitrogens with zero attached hydrogens (tertiary/aromatic N) is 3. The van der Waals surface area contributed by atoms with E-state index in [0.717, 1.165) is 11.6 Å². The van der Waals surface area contributed by atoms with Crippen LogP contribution in [0.2, 0.25) is 0 Å². The van der Waals surface area contributed by atoms with Crippen molar-refractivity contribution >= 4 is 5.95 Å². The van der Waals surface area contributed by atoms with Gasteiger partial charge in [-0.05, 0) is 24.6 Å². The predicted molar refractivity (Wildman–Crippen MR) is 64.5 cm³/mol. The van der Waals surface area contributed by atoms with E-state index in [1.54, 1.807) is 19.2 Å². The number of hydrogen-bond acceptors (Lipinski definition) is 4. The molecule has 2 heterocycles. The lowest BCUT2D eigenvalue weighted by Crippen LogP contribution is -2.11. The van der Waals surface area contributed by atoms with Crippen molar-refractivity contribution in [2.24, 2.45) is 0 Å². The Morgan fingerprint density at radius 3 is 2.53 bits per heavy atom. The summed E-state index contributed by atoms with van der Waals surface area (Å²) in [7, 11) is 1.47. The van der Waals surface area contributed by atoms with Gasteiger partial charge in [-0.1, -0.05) is 0 Å². The number of halogens is 3. The van der Waals surface area contributed by atoms with Crippen molar-refractivity contribution in [1.29, 1.82) is 0 Å². The fourth-order valence-electron chi connectivity index (χ4n) is 1.57. The first-order valence-electron chi connectivity index (χ1n) is 5.47. The number of aryl methyl sites for hydroxylation is 1. The minimum Gasteiger partial charge on any atom is -0.357 e. The molecule has 0 spiro atoms. The van der Waals surface area contributed by atoms with Crippen LogP contribution in [0.15, 0.2) is 24.5 Å². The Morgan fingerprint density at radius 2 is 1.95 bits per heavy atom. The lowest BCUT2D eigenvalue weighted by Gasteiger charge is -2.11. The quantitative estimate of drug-likeness (QED) is 0.909. The van der Waals surface area contributed by atoms with Crippen LogP contribution >= 0.6 is 0 Å². The normalized spacial score (nSPS) is 11.4. The van der Waals surface area contributed by atoms with Gasteiger partial charge in [-0.25, -0.2) is 9.97 Å². The molecular formula is C12H11F3N4. The molecule has 0 unspecified atom stereocenters. The van der Waals surface area contributed by atoms with Gasteiger partial charge in [0.2, 0.25) is 5.95 Å². The molecule has 0 saturated carbocycles. The van der Waals surface area contributed by atoms with Gasteiger partial charge in [0.05, 0.1) is 5.69 Å². The summed E-state index contributed by atoms with van der Waals surface area (Å²) in [4.78, 5) is 11.4. The van der Waals surface area contributed by atoms with Crippen LogP contribution in [0.3, 0.4) is 0 Å². The van der Waals surface area contributed by atoms with E-state index >= 15 is 0 Å². The summed E-state index contributed by atoms with van der Waals surface area (Å²) >= 11 is 0. The number of nitrogens with one attached hydrogen (secondary N) is 1. The first kappa shape index (κ1) is 13.3. The SMILES string of the molecule is CNc1nc(-c2cnccc2C)cc(C(F)(F)F)n1. The zero-order valence-corrected chi connectivity index (χ0v) is 10.3. The molecule has 19 heavy (non-hydrogen) atoms. The molecule has 7 heteroatoms. The van der Waals surface area contributed by atoms with E-state index < -0.39 is 11.9 Å². The molecule has 1 N–H and O–H groups in total. The van der Waals surface area contributed by atoms with Crippen LogP contribution in [0.25, 0.3) is 11.3 Å². The molecule has 4 nitrogen and oxygen atoms in total. The Bertz CT molecular complexity index is 596. The molecule has 0 saturated heterocycles. The standard InChI is InChI=1S/C12H11F3N4/c1-7-3-4-17-6-8(7)9-5-10(12(13,14)15)19-11(16-2)18-9/h3-6H,1-2H3,(H,16,18,19). The van der Waals surface area contributed by atoms with Crippen molar-refractivity contribution in [3.63, 3.8) is 0 Å². The van der Waals surface area contributed by atoms with Crippen molar-refractivity contribution in [3.8, 4) is 11.3 Å². The second-order valence-electron chi connectivity index (χ2n) is 3.90. The Balaban J connectivity index is 2.61. The maximum Gasteiger partial charge on any atom is 0.433 e. The molecule has 0 aromatic carbocycles. The number of pyridine rings is 1. The fourth-order valence-corrected chi connectivity index (χ4v) is 1.57. The van der Waals surface area contributed by atoms with Gasteiger partial charge in [0, 0.05) is 25.0 Å². The number of hydrogen-bond donors (Lipinski definition) is 1. The van der Waals surface area contributed by atoms with Gasteiger partial charge in [0.1, 0.15) is 0 Å². The van der Waals surface area contributed by atoms with Gasteiger partial charge in [-0.2, -0.15) is 13.2 Å². The molecule has 0 fully saturated rings. The summed E-state index contributed by atoms with van der Waals surface area (Å²) in [5.74, 6) is -0.0759. The molecule has 100 valence electrons. The molecule has 2 aromatic heterocycles. The smallest absolute Gasteiger partial charge is 0.357 e. The van der Waals surface area contributed by atoms with E-state index in [1.165, 1.54) is 13.2 Å². The molecular weight excluding hydrogens is 257 g/mol. The van der Waals surface area contributed by atoms with Crippen molar-refractivity contribution in [2.75, 3.05) is 12.4 Å². The van der Waals surface area contributed by atoms with Crippen molar-refractivity contribution in [1.82, 2.24) is 15.0 Å². The van der Waals surface area contributed by atoms with Gasteiger partial charge in [0.25, 0.3) is 0 Å². The lowest BCUT2D eigenvalue weighted by molar-refractivity contribution is -0.141. The maximum atomic E-state index is 12.8. The molecule has 0 aliphatic rings. The highest BCUT2D eigenvalue weighted by Crippen LogP contribution is 2.31. The molecule has 0 bridgehead atoms. The van der Waals surface area contributed by atoms with Gasteiger partial charge < -0.3 is 5.32 Å². The van der Waals surface area contributed by atoms with Crippen LogP contribution in [0, 0.1) is 6.92 Å². The molecule has 0 atom stereocenters. The first-order chi connectivity index (χ1) is 8.91. The Hall–Kier alpha value is -2.18. The minimum atomic E-state index is -4.51. The molecule has 0 amide bonds. The number of alkyl halides is 3. The van der Waals surface area contributed by atoms with E-state index in [2.05, 4.69) is 20.3 Å². The van der Waals surface area contributed by atoms with E-state index in [9.17, 15) is 13.2 Å². The Labute approximate surface area is 107 Å². The third-order valence-electron chi connectivity index (χ3n) is 2.56. The van der Waals surface area contributed by atoms with E-state index in [4.69, 9.17) is 0 Å². The van der Waals surface area contributed by atoms with Crippen LogP contribution in [-0.4, -0.2) is 22.0 Å².